The second-order valence-corrected chi connectivity index (χ2v) is 8.03. The van der Waals surface area contributed by atoms with Crippen molar-refractivity contribution in [3.63, 3.8) is 0 Å². The van der Waals surface area contributed by atoms with E-state index in [4.69, 9.17) is 10.5 Å². The average molecular weight is 469 g/mol. The number of hydrogen-bond donors (Lipinski definition) is 1. The van der Waals surface area contributed by atoms with Gasteiger partial charge in [0.1, 0.15) is 12.4 Å². The van der Waals surface area contributed by atoms with Crippen molar-refractivity contribution in [1.29, 1.82) is 0 Å². The van der Waals surface area contributed by atoms with E-state index < -0.39 is 0 Å². The van der Waals surface area contributed by atoms with E-state index in [0.717, 1.165) is 55.6 Å². The van der Waals surface area contributed by atoms with Crippen molar-refractivity contribution < 1.29 is 9.13 Å². The highest BCUT2D eigenvalue weighted by Crippen LogP contribution is 2.17. The summed E-state index contributed by atoms with van der Waals surface area (Å²) < 4.78 is 19.1. The van der Waals surface area contributed by atoms with Crippen molar-refractivity contribution in [2.75, 3.05) is 20.2 Å². The largest absolute Gasteiger partial charge is 0.496 e. The van der Waals surface area contributed by atoms with Crippen molar-refractivity contribution in [2.45, 2.75) is 58.4 Å². The van der Waals surface area contributed by atoms with Gasteiger partial charge in [-0.05, 0) is 44.3 Å². The van der Waals surface area contributed by atoms with Gasteiger partial charge >= 0.3 is 0 Å². The van der Waals surface area contributed by atoms with Gasteiger partial charge in [-0.25, -0.2) is 4.39 Å². The summed E-state index contributed by atoms with van der Waals surface area (Å²) >= 11 is 0. The molecule has 5 nitrogen and oxygen atoms in total. The zero-order valence-corrected chi connectivity index (χ0v) is 21.0. The van der Waals surface area contributed by atoms with Gasteiger partial charge in [-0.3, -0.25) is 9.98 Å². The fraction of sp³-hybridized carbons (Fsp3) is 0.429. The van der Waals surface area contributed by atoms with Crippen LogP contribution in [-0.2, 0) is 4.74 Å². The smallest absolute Gasteiger partial charge is 0.116 e. The summed E-state index contributed by atoms with van der Waals surface area (Å²) in [7, 11) is 1.76. The Hall–Kier alpha value is -3.15. The van der Waals surface area contributed by atoms with Gasteiger partial charge in [0.15, 0.2) is 0 Å². The summed E-state index contributed by atoms with van der Waals surface area (Å²) in [6.07, 6.45) is 22.0. The minimum absolute atomic E-state index is 0.146. The van der Waals surface area contributed by atoms with Gasteiger partial charge in [-0.1, -0.05) is 49.5 Å². The number of hydrogen-bond acceptors (Lipinski definition) is 5. The lowest BCUT2D eigenvalue weighted by molar-refractivity contribution is 0.178. The van der Waals surface area contributed by atoms with Gasteiger partial charge in [-0.2, -0.15) is 0 Å². The molecule has 0 amide bonds. The molecular formula is C28H41FN4O. The third kappa shape index (κ3) is 12.2. The summed E-state index contributed by atoms with van der Waals surface area (Å²) in [5, 5.41) is 0. The molecule has 0 saturated heterocycles. The lowest BCUT2D eigenvalue weighted by atomic mass is 10.0. The van der Waals surface area contributed by atoms with Gasteiger partial charge in [-0.15, -0.1) is 6.58 Å². The normalized spacial score (nSPS) is 18.5. The van der Waals surface area contributed by atoms with Gasteiger partial charge in [0.25, 0.3) is 0 Å². The Balaban J connectivity index is 2.67. The predicted octanol–water partition coefficient (Wildman–Crippen LogP) is 6.56. The third-order valence-corrected chi connectivity index (χ3v) is 5.29. The SMILES string of the molecule is C=CC/C=C\C=C(/CC)OCC1CCN(/C=C(\C=N/C)CCC(C=C)=CC/C(N)=C(\C)F)C=N1. The first-order chi connectivity index (χ1) is 16.4. The van der Waals surface area contributed by atoms with Crippen LogP contribution in [0.15, 0.2) is 94.2 Å². The van der Waals surface area contributed by atoms with Gasteiger partial charge in [0.05, 0.1) is 18.1 Å². The van der Waals surface area contributed by atoms with Crippen molar-refractivity contribution in [3.05, 3.63) is 84.2 Å². The second kappa shape index (κ2) is 17.3. The zero-order chi connectivity index (χ0) is 25.2. The van der Waals surface area contributed by atoms with Crippen molar-refractivity contribution in [3.8, 4) is 0 Å². The molecule has 6 heteroatoms. The lowest BCUT2D eigenvalue weighted by Crippen LogP contribution is -2.29. The van der Waals surface area contributed by atoms with E-state index in [1.807, 2.05) is 36.9 Å². The highest BCUT2D eigenvalue weighted by Gasteiger charge is 2.14. The van der Waals surface area contributed by atoms with Crippen LogP contribution in [0.3, 0.4) is 0 Å². The Kier molecular flexibility index (Phi) is 14.7. The van der Waals surface area contributed by atoms with Crippen LogP contribution in [0.25, 0.3) is 0 Å². The molecule has 0 aliphatic carbocycles. The van der Waals surface area contributed by atoms with Crippen LogP contribution < -0.4 is 5.73 Å². The van der Waals surface area contributed by atoms with Crippen molar-refractivity contribution in [1.82, 2.24) is 4.90 Å². The van der Waals surface area contributed by atoms with E-state index in [1.165, 1.54) is 6.92 Å². The first-order valence-corrected chi connectivity index (χ1v) is 11.9. The fourth-order valence-corrected chi connectivity index (χ4v) is 3.16. The van der Waals surface area contributed by atoms with E-state index in [2.05, 4.69) is 47.2 Å². The van der Waals surface area contributed by atoms with Gasteiger partial charge < -0.3 is 15.4 Å². The molecule has 0 radical (unpaired) electrons. The first kappa shape index (κ1) is 28.9. The Morgan fingerprint density at radius 3 is 2.68 bits per heavy atom. The Morgan fingerprint density at radius 1 is 1.32 bits per heavy atom. The molecule has 1 aliphatic rings. The molecule has 186 valence electrons. The van der Waals surface area contributed by atoms with E-state index in [-0.39, 0.29) is 17.6 Å². The molecule has 0 saturated carbocycles. The highest BCUT2D eigenvalue weighted by atomic mass is 19.1. The van der Waals surface area contributed by atoms with E-state index in [0.29, 0.717) is 13.0 Å². The number of rotatable bonds is 15. The predicted molar refractivity (Wildman–Crippen MR) is 145 cm³/mol. The average Bonchev–Trinajstić information content (AvgIpc) is 2.84. The van der Waals surface area contributed by atoms with E-state index in [1.54, 1.807) is 13.1 Å². The summed E-state index contributed by atoms with van der Waals surface area (Å²) in [6.45, 7) is 12.5. The number of nitrogens with zero attached hydrogens (tertiary/aromatic N) is 3. The number of ether oxygens (including phenoxy) is 1. The molecule has 1 aliphatic heterocycles. The van der Waals surface area contributed by atoms with Crippen LogP contribution in [0, 0.1) is 0 Å². The van der Waals surface area contributed by atoms with Crippen LogP contribution in [0.5, 0.6) is 0 Å². The standard InChI is InChI=1S/C28H41FN4O/c1-6-9-10-11-12-27(8-3)34-21-26-17-18-33(22-32-26)20-25(19-31-5)14-13-24(7-2)15-16-28(30)23(4)29/h6-7,10-12,15,19-20,22,26H,1-2,8-9,13-14,16-18,21,30H2,3-5H3/b11-10-,24-15?,25-20-,27-12+,28-23-,31-19-. The Labute approximate surface area is 205 Å². The highest BCUT2D eigenvalue weighted by molar-refractivity contribution is 5.79. The molecule has 0 bridgehead atoms. The summed E-state index contributed by atoms with van der Waals surface area (Å²) in [6, 6.07) is 0.146. The minimum Gasteiger partial charge on any atom is -0.496 e. The molecule has 1 heterocycles. The number of halogens is 1. The van der Waals surface area contributed by atoms with Gasteiger partial charge in [0, 0.05) is 44.5 Å². The minimum atomic E-state index is -0.339. The molecule has 1 atom stereocenters. The quantitative estimate of drug-likeness (QED) is 0.128. The van der Waals surface area contributed by atoms with Crippen molar-refractivity contribution in [2.24, 2.45) is 15.7 Å². The second-order valence-electron chi connectivity index (χ2n) is 8.03. The van der Waals surface area contributed by atoms with E-state index in [9.17, 15) is 4.39 Å². The summed E-state index contributed by atoms with van der Waals surface area (Å²) in [5.41, 5.74) is 8.06. The molecule has 1 rings (SSSR count). The zero-order valence-electron chi connectivity index (χ0n) is 21.0. The summed E-state index contributed by atoms with van der Waals surface area (Å²) in [4.78, 5) is 10.9. The van der Waals surface area contributed by atoms with Crippen molar-refractivity contribution >= 4 is 12.6 Å². The fourth-order valence-electron chi connectivity index (χ4n) is 3.16. The maximum atomic E-state index is 13.2. The van der Waals surface area contributed by atoms with E-state index >= 15 is 0 Å². The molecule has 0 aromatic rings. The van der Waals surface area contributed by atoms with Crippen LogP contribution >= 0.6 is 0 Å². The molecular weight excluding hydrogens is 427 g/mol. The summed E-state index contributed by atoms with van der Waals surface area (Å²) in [5.74, 6) is 0.623. The van der Waals surface area contributed by atoms with Gasteiger partial charge in [0.2, 0.25) is 0 Å². The number of nitrogens with two attached hydrogens (primary N) is 1. The first-order valence-electron chi connectivity index (χ1n) is 11.9. The molecule has 0 aromatic heterocycles. The Morgan fingerprint density at radius 2 is 2.09 bits per heavy atom. The third-order valence-electron chi connectivity index (χ3n) is 5.29. The number of aliphatic imine (C=N–C) groups is 2. The molecule has 0 aromatic carbocycles. The molecule has 0 spiro atoms. The maximum Gasteiger partial charge on any atom is 0.116 e. The topological polar surface area (TPSA) is 63.2 Å². The van der Waals surface area contributed by atoms with Crippen LogP contribution in [-0.4, -0.2) is 43.7 Å². The van der Waals surface area contributed by atoms with Crippen LogP contribution in [0.1, 0.15) is 52.4 Å². The van der Waals surface area contributed by atoms with Crippen LogP contribution in [0.4, 0.5) is 4.39 Å². The Bertz CT molecular complexity index is 858. The molecule has 2 N–H and O–H groups in total. The van der Waals surface area contributed by atoms with Crippen LogP contribution in [0.2, 0.25) is 0 Å². The lowest BCUT2D eigenvalue weighted by Gasteiger charge is -2.25. The molecule has 0 fully saturated rings. The number of allylic oxidation sites excluding steroid dienone is 10. The molecule has 1 unspecified atom stereocenters. The maximum absolute atomic E-state index is 13.2. The molecule has 34 heavy (non-hydrogen) atoms. The monoisotopic (exact) mass is 468 g/mol.